The summed E-state index contributed by atoms with van der Waals surface area (Å²) in [5.41, 5.74) is -3.05. The van der Waals surface area contributed by atoms with Crippen LogP contribution in [0, 0.1) is 23.7 Å². The number of methoxy groups -OCH3 is 1. The summed E-state index contributed by atoms with van der Waals surface area (Å²) in [6.45, 7) is 19.4. The first-order valence-corrected chi connectivity index (χ1v) is 19.1. The summed E-state index contributed by atoms with van der Waals surface area (Å²) in [5.74, 6) is -2.00. The van der Waals surface area contributed by atoms with Crippen LogP contribution in [-0.2, 0) is 33.2 Å². The standard InChI is InChI=1S/C38H70N2O10/c1-14-15-27-38(10,44)32(42)23(5)30-20(2)17-37(9,50-30)33(49-35-29(41)26(40(11)12)16-21(3)47-35)24(6)31(25(7)34(43)39-27)48-28-19-36(8,45-13)18-22(4)46-28/h20-33,35,41-42,44H,14-19H2,1-13H3,(H,39,43)/t20-,21?,22?,23+,24+,25-,26?,27-,28?,29?,30-,31+,32-,33-,35?,36?,37+,38-/m1/s1. The molecule has 2 bridgehead atoms. The smallest absolute Gasteiger partial charge is 0.225 e. The Balaban J connectivity index is 1.83. The average Bonchev–Trinajstić information content (AvgIpc) is 3.35. The van der Waals surface area contributed by atoms with Crippen LogP contribution in [-0.4, -0.2) is 132 Å². The van der Waals surface area contributed by atoms with Crippen molar-refractivity contribution in [3.8, 4) is 0 Å². The van der Waals surface area contributed by atoms with Gasteiger partial charge in [0.05, 0.1) is 59.8 Å². The molecule has 4 fully saturated rings. The Hall–Kier alpha value is -0.930. The fourth-order valence-electron chi connectivity index (χ4n) is 9.52. The summed E-state index contributed by atoms with van der Waals surface area (Å²) in [5, 5.41) is 38.5. The minimum Gasteiger partial charge on any atom is -0.390 e. The number of hydrogen-bond donors (Lipinski definition) is 4. The topological polar surface area (TPSA) is 148 Å². The molecule has 12 nitrogen and oxygen atoms in total. The van der Waals surface area contributed by atoms with Crippen LogP contribution in [0.4, 0.5) is 0 Å². The first-order valence-electron chi connectivity index (χ1n) is 19.1. The van der Waals surface area contributed by atoms with Gasteiger partial charge in [-0.2, -0.15) is 0 Å². The fourth-order valence-corrected chi connectivity index (χ4v) is 9.52. The van der Waals surface area contributed by atoms with Crippen LogP contribution in [0.3, 0.4) is 0 Å². The van der Waals surface area contributed by atoms with E-state index in [4.69, 9.17) is 28.4 Å². The molecule has 0 aromatic heterocycles. The zero-order chi connectivity index (χ0) is 37.5. The average molecular weight is 715 g/mol. The number of nitrogens with one attached hydrogen (secondary N) is 1. The molecule has 4 rings (SSSR count). The van der Waals surface area contributed by atoms with Crippen molar-refractivity contribution in [3.63, 3.8) is 0 Å². The van der Waals surface area contributed by atoms with Crippen LogP contribution in [0.1, 0.15) is 108 Å². The van der Waals surface area contributed by atoms with Crippen molar-refractivity contribution in [3.05, 3.63) is 0 Å². The molecule has 12 heteroatoms. The minimum atomic E-state index is -1.64. The summed E-state index contributed by atoms with van der Waals surface area (Å²) in [6, 6.07) is -0.906. The first-order chi connectivity index (χ1) is 23.2. The van der Waals surface area contributed by atoms with E-state index in [0.717, 1.165) is 0 Å². The van der Waals surface area contributed by atoms with Crippen LogP contribution in [0.25, 0.3) is 0 Å². The Morgan fingerprint density at radius 2 is 1.60 bits per heavy atom. The van der Waals surface area contributed by atoms with Crippen molar-refractivity contribution in [1.29, 1.82) is 0 Å². The lowest BCUT2D eigenvalue weighted by Crippen LogP contribution is -2.61. The van der Waals surface area contributed by atoms with Crippen LogP contribution < -0.4 is 5.32 Å². The first kappa shape index (κ1) is 41.8. The molecule has 4 aliphatic heterocycles. The summed E-state index contributed by atoms with van der Waals surface area (Å²) in [7, 11) is 5.57. The number of hydrogen-bond acceptors (Lipinski definition) is 11. The highest BCUT2D eigenvalue weighted by Gasteiger charge is 2.57. The molecule has 0 aliphatic carbocycles. The molecular formula is C38H70N2O10. The van der Waals surface area contributed by atoms with Gasteiger partial charge in [0.2, 0.25) is 5.91 Å². The Morgan fingerprint density at radius 1 is 0.940 bits per heavy atom. The molecule has 0 spiro atoms. The molecule has 4 heterocycles. The van der Waals surface area contributed by atoms with Crippen molar-refractivity contribution in [2.45, 2.75) is 192 Å². The highest BCUT2D eigenvalue weighted by atomic mass is 16.7. The Labute approximate surface area is 301 Å². The predicted molar refractivity (Wildman–Crippen MR) is 189 cm³/mol. The molecule has 4 aliphatic rings. The zero-order valence-electron chi connectivity index (χ0n) is 33.0. The van der Waals surface area contributed by atoms with E-state index < -0.39 is 83.7 Å². The second-order valence-corrected chi connectivity index (χ2v) is 17.3. The van der Waals surface area contributed by atoms with Gasteiger partial charge in [-0.3, -0.25) is 4.79 Å². The van der Waals surface area contributed by atoms with Gasteiger partial charge in [0.25, 0.3) is 0 Å². The molecule has 0 radical (unpaired) electrons. The van der Waals surface area contributed by atoms with Crippen molar-refractivity contribution in [1.82, 2.24) is 10.2 Å². The molecule has 7 unspecified atom stereocenters. The van der Waals surface area contributed by atoms with Crippen molar-refractivity contribution >= 4 is 5.91 Å². The van der Waals surface area contributed by atoms with Gasteiger partial charge >= 0.3 is 0 Å². The van der Waals surface area contributed by atoms with Crippen molar-refractivity contribution in [2.24, 2.45) is 23.7 Å². The Bertz CT molecular complexity index is 1130. The number of aliphatic hydroxyl groups excluding tert-OH is 2. The van der Waals surface area contributed by atoms with Gasteiger partial charge in [-0.25, -0.2) is 0 Å². The molecule has 18 atom stereocenters. The third-order valence-electron chi connectivity index (χ3n) is 12.5. The monoisotopic (exact) mass is 715 g/mol. The lowest BCUT2D eigenvalue weighted by atomic mass is 9.75. The third kappa shape index (κ3) is 8.71. The number of rotatable bonds is 8. The van der Waals surface area contributed by atoms with Gasteiger partial charge in [-0.05, 0) is 73.9 Å². The normalized spacial score (nSPS) is 51.1. The number of nitrogens with zero attached hydrogens (tertiary/aromatic N) is 1. The maximum absolute atomic E-state index is 14.3. The number of likely N-dealkylation sites (N-methyl/N-ethyl adjacent to an activating group) is 1. The van der Waals surface area contributed by atoms with E-state index in [0.29, 0.717) is 38.5 Å². The van der Waals surface area contributed by atoms with Gasteiger partial charge < -0.3 is 54.0 Å². The van der Waals surface area contributed by atoms with E-state index in [2.05, 4.69) is 12.2 Å². The Kier molecular flexibility index (Phi) is 13.6. The molecule has 0 saturated carbocycles. The molecule has 292 valence electrons. The van der Waals surface area contributed by atoms with Crippen molar-refractivity contribution < 1.29 is 48.5 Å². The fraction of sp³-hybridized carbons (Fsp3) is 0.974. The molecule has 4 N–H and O–H groups in total. The molecule has 1 amide bonds. The van der Waals surface area contributed by atoms with Gasteiger partial charge in [-0.15, -0.1) is 0 Å². The predicted octanol–water partition coefficient (Wildman–Crippen LogP) is 3.62. The maximum Gasteiger partial charge on any atom is 0.225 e. The van der Waals surface area contributed by atoms with E-state index in [-0.39, 0.29) is 30.1 Å². The largest absolute Gasteiger partial charge is 0.390 e. The number of amides is 1. The van der Waals surface area contributed by atoms with Gasteiger partial charge in [0, 0.05) is 37.8 Å². The Morgan fingerprint density at radius 3 is 2.20 bits per heavy atom. The molecular weight excluding hydrogens is 644 g/mol. The second kappa shape index (κ2) is 16.2. The minimum absolute atomic E-state index is 0.00622. The number of carbonyl (C=O) groups is 1. The lowest BCUT2D eigenvalue weighted by molar-refractivity contribution is -0.311. The van der Waals surface area contributed by atoms with Crippen molar-refractivity contribution in [2.75, 3.05) is 21.2 Å². The van der Waals surface area contributed by atoms with Crippen LogP contribution >= 0.6 is 0 Å². The van der Waals surface area contributed by atoms with Crippen LogP contribution in [0.15, 0.2) is 0 Å². The number of aliphatic hydroxyl groups is 3. The van der Waals surface area contributed by atoms with E-state index >= 15 is 0 Å². The van der Waals surface area contributed by atoms with E-state index in [1.807, 2.05) is 74.4 Å². The van der Waals surface area contributed by atoms with Gasteiger partial charge in [-0.1, -0.05) is 41.0 Å². The second-order valence-electron chi connectivity index (χ2n) is 17.3. The summed E-state index contributed by atoms with van der Waals surface area (Å²) >= 11 is 0. The molecule has 50 heavy (non-hydrogen) atoms. The van der Waals surface area contributed by atoms with E-state index in [1.54, 1.807) is 14.0 Å². The van der Waals surface area contributed by atoms with E-state index in [9.17, 15) is 20.1 Å². The number of fused-ring (bicyclic) bond motifs is 2. The van der Waals surface area contributed by atoms with E-state index in [1.165, 1.54) is 0 Å². The lowest BCUT2D eigenvalue weighted by Gasteiger charge is -2.48. The molecule has 0 aromatic rings. The maximum atomic E-state index is 14.3. The van der Waals surface area contributed by atoms with Crippen LogP contribution in [0.5, 0.6) is 0 Å². The van der Waals surface area contributed by atoms with Gasteiger partial charge in [0.1, 0.15) is 11.7 Å². The summed E-state index contributed by atoms with van der Waals surface area (Å²) < 4.78 is 39.4. The molecule has 0 aromatic carbocycles. The SMILES string of the molecule is CCC[C@H]1NC(=O)[C@H](C)[C@@H](OC2CC(C)(OC)CC(C)O2)[C@H](C)[C@@H](OC2OC(C)CC(N(C)C)C2O)[C@]2(C)C[C@@H](C)[C@@H](O2)[C@H](C)[C@@H](O)[C@]1(C)O. The quantitative estimate of drug-likeness (QED) is 0.292. The summed E-state index contributed by atoms with van der Waals surface area (Å²) in [4.78, 5) is 16.3. The summed E-state index contributed by atoms with van der Waals surface area (Å²) in [6.07, 6.45) is -2.40. The zero-order valence-corrected chi connectivity index (χ0v) is 33.0. The number of carbonyl (C=O) groups excluding carboxylic acids is 1. The molecule has 4 saturated heterocycles. The van der Waals surface area contributed by atoms with Gasteiger partial charge in [0.15, 0.2) is 12.6 Å². The third-order valence-corrected chi connectivity index (χ3v) is 12.5. The highest BCUT2D eigenvalue weighted by molar-refractivity contribution is 5.79. The highest BCUT2D eigenvalue weighted by Crippen LogP contribution is 2.47. The number of ether oxygens (including phenoxy) is 6. The van der Waals surface area contributed by atoms with Crippen LogP contribution in [0.2, 0.25) is 0 Å².